The molecule has 0 unspecified atom stereocenters. The van der Waals surface area contributed by atoms with Crippen LogP contribution in [0.3, 0.4) is 0 Å². The Morgan fingerprint density at radius 3 is 2.78 bits per heavy atom. The van der Waals surface area contributed by atoms with Gasteiger partial charge in [-0.3, -0.25) is 4.98 Å². The highest BCUT2D eigenvalue weighted by molar-refractivity contribution is 5.89. The zero-order chi connectivity index (χ0) is 16.7. The third-order valence-corrected chi connectivity index (χ3v) is 3.64. The van der Waals surface area contributed by atoms with Crippen LogP contribution in [0.25, 0.3) is 0 Å². The van der Waals surface area contributed by atoms with Gasteiger partial charge in [-0.25, -0.2) is 4.79 Å². The van der Waals surface area contributed by atoms with Gasteiger partial charge in [-0.2, -0.15) is 5.26 Å². The Labute approximate surface area is 136 Å². The molecule has 1 N–H and O–H groups in total. The zero-order valence-electron chi connectivity index (χ0n) is 13.4. The molecule has 2 aromatic rings. The number of nitrogens with zero attached hydrogens (tertiary/aromatic N) is 3. The Bertz CT molecular complexity index is 707. The summed E-state index contributed by atoms with van der Waals surface area (Å²) in [5.41, 5.74) is 3.99. The van der Waals surface area contributed by atoms with Gasteiger partial charge in [-0.1, -0.05) is 12.1 Å². The number of nitriles is 1. The summed E-state index contributed by atoms with van der Waals surface area (Å²) in [6, 6.07) is 11.4. The van der Waals surface area contributed by atoms with E-state index in [0.717, 1.165) is 16.8 Å². The quantitative estimate of drug-likeness (QED) is 0.916. The molecule has 0 fully saturated rings. The lowest BCUT2D eigenvalue weighted by atomic mass is 10.1. The fourth-order valence-corrected chi connectivity index (χ4v) is 2.17. The SMILES string of the molecule is Cc1ccc(NC(=O)N(CCC#N)Cc2cccnc2)cc1C. The van der Waals surface area contributed by atoms with Crippen LogP contribution in [0.5, 0.6) is 0 Å². The van der Waals surface area contributed by atoms with Crippen molar-refractivity contribution in [2.45, 2.75) is 26.8 Å². The van der Waals surface area contributed by atoms with Crippen LogP contribution in [0.4, 0.5) is 10.5 Å². The standard InChI is InChI=1S/C18H20N4O/c1-14-6-7-17(11-15(14)2)21-18(23)22(10-4-8-19)13-16-5-3-9-20-12-16/h3,5-7,9,11-12H,4,10,13H2,1-2H3,(H,21,23). The van der Waals surface area contributed by atoms with Crippen LogP contribution in [0, 0.1) is 25.2 Å². The first-order valence-corrected chi connectivity index (χ1v) is 7.49. The Hall–Kier alpha value is -2.87. The molecule has 0 saturated heterocycles. The van der Waals surface area contributed by atoms with Gasteiger partial charge in [0.05, 0.1) is 12.5 Å². The van der Waals surface area contributed by atoms with Gasteiger partial charge in [0.15, 0.2) is 0 Å². The number of rotatable bonds is 5. The third kappa shape index (κ3) is 4.82. The number of hydrogen-bond donors (Lipinski definition) is 1. The average molecular weight is 308 g/mol. The van der Waals surface area contributed by atoms with Crippen molar-refractivity contribution in [2.24, 2.45) is 0 Å². The number of amides is 2. The van der Waals surface area contributed by atoms with Gasteiger partial charge in [-0.15, -0.1) is 0 Å². The van der Waals surface area contributed by atoms with Crippen molar-refractivity contribution in [3.63, 3.8) is 0 Å². The molecule has 23 heavy (non-hydrogen) atoms. The summed E-state index contributed by atoms with van der Waals surface area (Å²) in [4.78, 5) is 18.2. The van der Waals surface area contributed by atoms with E-state index in [1.54, 1.807) is 17.3 Å². The van der Waals surface area contributed by atoms with Crippen molar-refractivity contribution in [2.75, 3.05) is 11.9 Å². The first kappa shape index (κ1) is 16.5. The smallest absolute Gasteiger partial charge is 0.319 e. The van der Waals surface area contributed by atoms with Gasteiger partial charge in [0, 0.05) is 31.2 Å². The molecule has 0 spiro atoms. The van der Waals surface area contributed by atoms with Gasteiger partial charge < -0.3 is 10.2 Å². The van der Waals surface area contributed by atoms with Crippen LogP contribution in [-0.2, 0) is 6.54 Å². The number of aromatic nitrogens is 1. The van der Waals surface area contributed by atoms with Gasteiger partial charge in [-0.05, 0) is 48.7 Å². The highest BCUT2D eigenvalue weighted by Gasteiger charge is 2.14. The van der Waals surface area contributed by atoms with Gasteiger partial charge in [0.25, 0.3) is 0 Å². The number of anilines is 1. The molecule has 5 nitrogen and oxygen atoms in total. The highest BCUT2D eigenvalue weighted by atomic mass is 16.2. The van der Waals surface area contributed by atoms with Crippen molar-refractivity contribution >= 4 is 11.7 Å². The Morgan fingerprint density at radius 1 is 1.30 bits per heavy atom. The van der Waals surface area contributed by atoms with Crippen molar-refractivity contribution in [3.8, 4) is 6.07 Å². The topological polar surface area (TPSA) is 69.0 Å². The second kappa shape index (κ2) is 7.95. The third-order valence-electron chi connectivity index (χ3n) is 3.64. The van der Waals surface area contributed by atoms with Gasteiger partial charge in [0.1, 0.15) is 0 Å². The van der Waals surface area contributed by atoms with Gasteiger partial charge >= 0.3 is 6.03 Å². The van der Waals surface area contributed by atoms with Crippen LogP contribution in [0.1, 0.15) is 23.1 Å². The summed E-state index contributed by atoms with van der Waals surface area (Å²) in [5, 5.41) is 11.7. The number of nitrogens with one attached hydrogen (secondary N) is 1. The molecule has 0 saturated carbocycles. The first-order valence-electron chi connectivity index (χ1n) is 7.49. The second-order valence-corrected chi connectivity index (χ2v) is 5.42. The van der Waals surface area contributed by atoms with Crippen LogP contribution < -0.4 is 5.32 Å². The molecule has 118 valence electrons. The molecule has 2 amide bonds. The molecule has 1 aromatic heterocycles. The van der Waals surface area contributed by atoms with E-state index in [9.17, 15) is 4.79 Å². The molecule has 1 aromatic carbocycles. The van der Waals surface area contributed by atoms with E-state index < -0.39 is 0 Å². The predicted octanol–water partition coefficient (Wildman–Crippen LogP) is 3.65. The maximum absolute atomic E-state index is 12.5. The number of hydrogen-bond acceptors (Lipinski definition) is 3. The summed E-state index contributed by atoms with van der Waals surface area (Å²) in [7, 11) is 0. The monoisotopic (exact) mass is 308 g/mol. The number of aryl methyl sites for hydroxylation is 2. The molecule has 1 heterocycles. The Balaban J connectivity index is 2.09. The lowest BCUT2D eigenvalue weighted by molar-refractivity contribution is 0.210. The fraction of sp³-hybridized carbons (Fsp3) is 0.278. The van der Waals surface area contributed by atoms with Crippen molar-refractivity contribution < 1.29 is 4.79 Å². The summed E-state index contributed by atoms with van der Waals surface area (Å²) in [5.74, 6) is 0. The molecule has 0 aliphatic heterocycles. The first-order chi connectivity index (χ1) is 11.1. The lowest BCUT2D eigenvalue weighted by Crippen LogP contribution is -2.35. The highest BCUT2D eigenvalue weighted by Crippen LogP contribution is 2.15. The molecule has 0 atom stereocenters. The van der Waals surface area contributed by atoms with Crippen molar-refractivity contribution in [3.05, 3.63) is 59.4 Å². The molecule has 0 aliphatic carbocycles. The number of pyridine rings is 1. The Kier molecular flexibility index (Phi) is 5.70. The minimum Gasteiger partial charge on any atom is -0.319 e. The van der Waals surface area contributed by atoms with Crippen molar-refractivity contribution in [1.82, 2.24) is 9.88 Å². The predicted molar refractivity (Wildman–Crippen MR) is 89.8 cm³/mol. The van der Waals surface area contributed by atoms with E-state index in [-0.39, 0.29) is 6.03 Å². The number of urea groups is 1. The lowest BCUT2D eigenvalue weighted by Gasteiger charge is -2.22. The fourth-order valence-electron chi connectivity index (χ4n) is 2.17. The summed E-state index contributed by atoms with van der Waals surface area (Å²) in [6.45, 7) is 4.84. The van der Waals surface area contributed by atoms with E-state index in [4.69, 9.17) is 5.26 Å². The van der Waals surface area contributed by atoms with Gasteiger partial charge in [0.2, 0.25) is 0 Å². The van der Waals surface area contributed by atoms with Crippen LogP contribution >= 0.6 is 0 Å². The number of benzene rings is 1. The molecule has 2 rings (SSSR count). The van der Waals surface area contributed by atoms with E-state index in [0.29, 0.717) is 19.5 Å². The minimum atomic E-state index is -0.215. The maximum Gasteiger partial charge on any atom is 0.322 e. The molecular formula is C18H20N4O. The Morgan fingerprint density at radius 2 is 2.13 bits per heavy atom. The maximum atomic E-state index is 12.5. The van der Waals surface area contributed by atoms with Crippen LogP contribution in [-0.4, -0.2) is 22.5 Å². The second-order valence-electron chi connectivity index (χ2n) is 5.42. The van der Waals surface area contributed by atoms with Crippen LogP contribution in [0.2, 0.25) is 0 Å². The normalized spacial score (nSPS) is 9.96. The summed E-state index contributed by atoms with van der Waals surface area (Å²) < 4.78 is 0. The van der Waals surface area contributed by atoms with Crippen LogP contribution in [0.15, 0.2) is 42.7 Å². The molecular weight excluding hydrogens is 288 g/mol. The molecule has 0 bridgehead atoms. The zero-order valence-corrected chi connectivity index (χ0v) is 13.4. The van der Waals surface area contributed by atoms with Crippen molar-refractivity contribution in [1.29, 1.82) is 5.26 Å². The minimum absolute atomic E-state index is 0.215. The number of carbonyl (C=O) groups excluding carboxylic acids is 1. The molecule has 5 heteroatoms. The molecule has 0 aliphatic rings. The molecule has 0 radical (unpaired) electrons. The summed E-state index contributed by atoms with van der Waals surface area (Å²) in [6.07, 6.45) is 3.71. The summed E-state index contributed by atoms with van der Waals surface area (Å²) >= 11 is 0. The van der Waals surface area contributed by atoms with E-state index in [1.165, 1.54) is 5.56 Å². The number of carbonyl (C=O) groups is 1. The largest absolute Gasteiger partial charge is 0.322 e. The van der Waals surface area contributed by atoms with E-state index in [2.05, 4.69) is 16.4 Å². The van der Waals surface area contributed by atoms with E-state index in [1.807, 2.05) is 44.2 Å². The average Bonchev–Trinajstić information content (AvgIpc) is 2.55. The van der Waals surface area contributed by atoms with E-state index >= 15 is 0 Å².